The van der Waals surface area contributed by atoms with Gasteiger partial charge in [-0.2, -0.15) is 13.2 Å². The standard InChI is InChI=1S/C27H23F3N4O4S/c1-13(17-12-39-20-6-4-3-5-14(17)20)32-25(36)23-24(18(31)11-35)38-26(34-23)16-7-9-19(37-2)22-15(16)8-10-21(33-22)27(28,29)30/h3-10,12-13,18,35H,11,31H2,1-2H3,(H,32,36)/t13?,18-/m0/s1. The highest BCUT2D eigenvalue weighted by Crippen LogP contribution is 2.38. The van der Waals surface area contributed by atoms with Crippen molar-refractivity contribution in [3.8, 4) is 17.2 Å². The number of halogens is 3. The number of methoxy groups -OCH3 is 1. The Morgan fingerprint density at radius 2 is 1.92 bits per heavy atom. The molecular formula is C27H23F3N4O4S. The van der Waals surface area contributed by atoms with Gasteiger partial charge in [-0.3, -0.25) is 4.79 Å². The highest BCUT2D eigenvalue weighted by molar-refractivity contribution is 7.17. The number of alkyl halides is 3. The first kappa shape index (κ1) is 26.6. The van der Waals surface area contributed by atoms with Crippen molar-refractivity contribution in [2.75, 3.05) is 13.7 Å². The molecular weight excluding hydrogens is 533 g/mol. The van der Waals surface area contributed by atoms with E-state index in [4.69, 9.17) is 14.9 Å². The number of aromatic nitrogens is 2. The number of aliphatic hydroxyl groups is 1. The molecule has 2 aromatic carbocycles. The highest BCUT2D eigenvalue weighted by Gasteiger charge is 2.33. The van der Waals surface area contributed by atoms with Crippen molar-refractivity contribution >= 4 is 38.2 Å². The van der Waals surface area contributed by atoms with Crippen LogP contribution in [0.1, 0.15) is 46.5 Å². The molecule has 0 saturated carbocycles. The van der Waals surface area contributed by atoms with Crippen LogP contribution in [0.3, 0.4) is 0 Å². The van der Waals surface area contributed by atoms with Gasteiger partial charge in [0.25, 0.3) is 5.91 Å². The van der Waals surface area contributed by atoms with E-state index in [2.05, 4.69) is 15.3 Å². The first-order valence-corrected chi connectivity index (χ1v) is 12.7. The number of carbonyl (C=O) groups excluding carboxylic acids is 1. The molecule has 3 heterocycles. The third-order valence-electron chi connectivity index (χ3n) is 6.29. The van der Waals surface area contributed by atoms with Crippen LogP contribution in [-0.2, 0) is 6.18 Å². The molecule has 0 spiro atoms. The number of nitrogens with two attached hydrogens (primary N) is 1. The van der Waals surface area contributed by atoms with Crippen molar-refractivity contribution in [3.05, 3.63) is 76.6 Å². The number of pyridine rings is 1. The van der Waals surface area contributed by atoms with Gasteiger partial charge in [0, 0.05) is 15.6 Å². The molecule has 0 saturated heterocycles. The molecule has 202 valence electrons. The van der Waals surface area contributed by atoms with E-state index < -0.39 is 30.4 Å². The Morgan fingerprint density at radius 1 is 1.15 bits per heavy atom. The number of ether oxygens (including phenoxy) is 1. The summed E-state index contributed by atoms with van der Waals surface area (Å²) in [6.45, 7) is 1.30. The van der Waals surface area contributed by atoms with Gasteiger partial charge >= 0.3 is 6.18 Å². The van der Waals surface area contributed by atoms with Crippen LogP contribution < -0.4 is 15.8 Å². The van der Waals surface area contributed by atoms with E-state index >= 15 is 0 Å². The minimum Gasteiger partial charge on any atom is -0.494 e. The fourth-order valence-corrected chi connectivity index (χ4v) is 5.38. The minimum atomic E-state index is -4.66. The lowest BCUT2D eigenvalue weighted by molar-refractivity contribution is -0.140. The molecule has 0 aliphatic rings. The summed E-state index contributed by atoms with van der Waals surface area (Å²) >= 11 is 1.56. The molecule has 0 aliphatic carbocycles. The smallest absolute Gasteiger partial charge is 0.433 e. The summed E-state index contributed by atoms with van der Waals surface area (Å²) in [7, 11) is 1.32. The van der Waals surface area contributed by atoms with Gasteiger partial charge in [-0.25, -0.2) is 9.97 Å². The van der Waals surface area contributed by atoms with Crippen LogP contribution in [0.2, 0.25) is 0 Å². The first-order chi connectivity index (χ1) is 18.6. The van der Waals surface area contributed by atoms with Gasteiger partial charge in [0.05, 0.1) is 25.8 Å². The van der Waals surface area contributed by atoms with Gasteiger partial charge in [-0.1, -0.05) is 18.2 Å². The molecule has 0 fully saturated rings. The first-order valence-electron chi connectivity index (χ1n) is 11.8. The number of rotatable bonds is 7. The third-order valence-corrected chi connectivity index (χ3v) is 7.27. The van der Waals surface area contributed by atoms with Crippen LogP contribution in [0.25, 0.3) is 32.4 Å². The van der Waals surface area contributed by atoms with Gasteiger partial charge in [-0.15, -0.1) is 11.3 Å². The number of carbonyl (C=O) groups is 1. The zero-order valence-electron chi connectivity index (χ0n) is 20.7. The molecule has 1 unspecified atom stereocenters. The Bertz CT molecular complexity index is 1680. The lowest BCUT2D eigenvalue weighted by Gasteiger charge is -2.13. The van der Waals surface area contributed by atoms with Gasteiger partial charge in [-0.05, 0) is 53.6 Å². The molecule has 5 aromatic rings. The van der Waals surface area contributed by atoms with Crippen molar-refractivity contribution in [1.29, 1.82) is 0 Å². The van der Waals surface area contributed by atoms with Crippen LogP contribution in [-0.4, -0.2) is 34.7 Å². The van der Waals surface area contributed by atoms with Crippen molar-refractivity contribution in [2.24, 2.45) is 5.73 Å². The Kier molecular flexibility index (Phi) is 7.02. The lowest BCUT2D eigenvalue weighted by atomic mass is 10.1. The molecule has 2 atom stereocenters. The molecule has 8 nitrogen and oxygen atoms in total. The summed E-state index contributed by atoms with van der Waals surface area (Å²) in [5.41, 5.74) is 5.95. The summed E-state index contributed by atoms with van der Waals surface area (Å²) in [5.74, 6) is -0.589. The molecule has 39 heavy (non-hydrogen) atoms. The van der Waals surface area contributed by atoms with E-state index in [1.54, 1.807) is 11.3 Å². The zero-order valence-corrected chi connectivity index (χ0v) is 21.6. The third kappa shape index (κ3) is 4.93. The number of nitrogens with one attached hydrogen (secondary N) is 1. The summed E-state index contributed by atoms with van der Waals surface area (Å²) in [6.07, 6.45) is -4.66. The predicted molar refractivity (Wildman–Crippen MR) is 141 cm³/mol. The molecule has 12 heteroatoms. The maximum atomic E-state index is 13.4. The van der Waals surface area contributed by atoms with E-state index in [1.807, 2.05) is 36.6 Å². The Hall–Kier alpha value is -4.00. The van der Waals surface area contributed by atoms with E-state index in [0.717, 1.165) is 21.7 Å². The number of oxazole rings is 1. The maximum absolute atomic E-state index is 13.4. The average molecular weight is 557 g/mol. The van der Waals surface area contributed by atoms with E-state index in [9.17, 15) is 23.1 Å². The lowest BCUT2D eigenvalue weighted by Crippen LogP contribution is -2.29. The predicted octanol–water partition coefficient (Wildman–Crippen LogP) is 5.62. The normalized spacial score (nSPS) is 13.5. The topological polar surface area (TPSA) is 124 Å². The number of hydrogen-bond donors (Lipinski definition) is 3. The van der Waals surface area contributed by atoms with Crippen LogP contribution in [0.4, 0.5) is 13.2 Å². The number of benzene rings is 2. The molecule has 5 rings (SSSR count). The number of thiophene rings is 1. The van der Waals surface area contributed by atoms with Gasteiger partial charge in [0.2, 0.25) is 5.89 Å². The van der Waals surface area contributed by atoms with Crippen LogP contribution in [0, 0.1) is 0 Å². The van der Waals surface area contributed by atoms with E-state index in [0.29, 0.717) is 0 Å². The molecule has 3 aromatic heterocycles. The number of amides is 1. The van der Waals surface area contributed by atoms with Gasteiger partial charge < -0.3 is 25.3 Å². The van der Waals surface area contributed by atoms with E-state index in [-0.39, 0.29) is 45.6 Å². The highest BCUT2D eigenvalue weighted by atomic mass is 32.1. The summed E-state index contributed by atoms with van der Waals surface area (Å²) in [5, 5.41) is 15.8. The van der Waals surface area contributed by atoms with Crippen molar-refractivity contribution < 1.29 is 32.2 Å². The second-order valence-electron chi connectivity index (χ2n) is 8.81. The monoisotopic (exact) mass is 556 g/mol. The van der Waals surface area contributed by atoms with Crippen LogP contribution >= 0.6 is 11.3 Å². The van der Waals surface area contributed by atoms with Gasteiger partial charge in [0.15, 0.2) is 11.5 Å². The average Bonchev–Trinajstić information content (AvgIpc) is 3.56. The van der Waals surface area contributed by atoms with Crippen molar-refractivity contribution in [3.63, 3.8) is 0 Å². The van der Waals surface area contributed by atoms with Gasteiger partial charge in [0.1, 0.15) is 17.0 Å². The molecule has 1 amide bonds. The molecule has 4 N–H and O–H groups in total. The number of hydrogen-bond acceptors (Lipinski definition) is 8. The van der Waals surface area contributed by atoms with Crippen LogP contribution in [0.15, 0.2) is 58.3 Å². The van der Waals surface area contributed by atoms with Crippen molar-refractivity contribution in [2.45, 2.75) is 25.2 Å². The van der Waals surface area contributed by atoms with E-state index in [1.165, 1.54) is 25.3 Å². The number of aliphatic hydroxyl groups excluding tert-OH is 1. The molecule has 0 radical (unpaired) electrons. The summed E-state index contributed by atoms with van der Waals surface area (Å²) in [6, 6.07) is 11.4. The largest absolute Gasteiger partial charge is 0.494 e. The fraction of sp³-hybridized carbons (Fsp3) is 0.222. The zero-order chi connectivity index (χ0) is 27.9. The second-order valence-corrected chi connectivity index (χ2v) is 9.72. The Labute approximate surface area is 224 Å². The van der Waals surface area contributed by atoms with Crippen molar-refractivity contribution in [1.82, 2.24) is 15.3 Å². The molecule has 0 aliphatic heterocycles. The summed E-state index contributed by atoms with van der Waals surface area (Å²) < 4.78 is 52.1. The minimum absolute atomic E-state index is 0.0556. The van der Waals surface area contributed by atoms with Crippen LogP contribution in [0.5, 0.6) is 5.75 Å². The summed E-state index contributed by atoms with van der Waals surface area (Å²) in [4.78, 5) is 21.5. The number of fused-ring (bicyclic) bond motifs is 2. The Balaban J connectivity index is 1.56. The number of nitrogens with zero attached hydrogens (tertiary/aromatic N) is 2. The SMILES string of the molecule is COc1ccc(-c2nc(C(=O)NC(C)c3csc4ccccc34)c([C@@H](N)CO)o2)c2ccc(C(F)(F)F)nc12. The quantitative estimate of drug-likeness (QED) is 0.238. The Morgan fingerprint density at radius 3 is 2.64 bits per heavy atom. The fourth-order valence-electron chi connectivity index (χ4n) is 4.32. The maximum Gasteiger partial charge on any atom is 0.433 e. The molecule has 0 bridgehead atoms. The second kappa shape index (κ2) is 10.3.